The maximum absolute atomic E-state index is 14.2. The van der Waals surface area contributed by atoms with E-state index in [4.69, 9.17) is 23.7 Å². The Morgan fingerprint density at radius 1 is 1.03 bits per heavy atom. The molecule has 2 aliphatic heterocycles. The average Bonchev–Trinajstić information content (AvgIpc) is 3.40. The monoisotopic (exact) mass is 464 g/mol. The first-order valence-electron chi connectivity index (χ1n) is 11.3. The summed E-state index contributed by atoms with van der Waals surface area (Å²) in [5.41, 5.74) is 2.25. The molecule has 6 nitrogen and oxygen atoms in total. The molecule has 1 fully saturated rings. The summed E-state index contributed by atoms with van der Waals surface area (Å²) in [4.78, 5) is 12.6. The van der Waals surface area contributed by atoms with Crippen LogP contribution in [0.5, 0.6) is 11.5 Å². The molecule has 0 amide bonds. The maximum Gasteiger partial charge on any atom is 0.338 e. The van der Waals surface area contributed by atoms with Gasteiger partial charge in [-0.2, -0.15) is 0 Å². The Bertz CT molecular complexity index is 1130. The molecule has 0 radical (unpaired) electrons. The molecular weight excluding hydrogens is 439 g/mol. The van der Waals surface area contributed by atoms with Gasteiger partial charge in [0.1, 0.15) is 30.5 Å². The highest BCUT2D eigenvalue weighted by Gasteiger charge is 2.26. The molecule has 2 atom stereocenters. The number of hydrogen-bond donors (Lipinski definition) is 0. The Hall–Kier alpha value is -3.42. The number of fused-ring (bicyclic) bond motifs is 1. The van der Waals surface area contributed by atoms with Crippen LogP contribution in [-0.2, 0) is 27.4 Å². The normalized spacial score (nSPS) is 19.2. The Labute approximate surface area is 197 Å². The van der Waals surface area contributed by atoms with E-state index in [-0.39, 0.29) is 19.3 Å². The quantitative estimate of drug-likeness (QED) is 0.440. The van der Waals surface area contributed by atoms with Crippen molar-refractivity contribution in [2.24, 2.45) is 0 Å². The van der Waals surface area contributed by atoms with E-state index in [1.165, 1.54) is 12.1 Å². The molecule has 2 unspecified atom stereocenters. The molecule has 1 saturated heterocycles. The summed E-state index contributed by atoms with van der Waals surface area (Å²) in [6.07, 6.45) is 1.56. The van der Waals surface area contributed by atoms with Crippen molar-refractivity contribution < 1.29 is 32.9 Å². The van der Waals surface area contributed by atoms with Gasteiger partial charge < -0.3 is 23.7 Å². The van der Waals surface area contributed by atoms with E-state index in [0.29, 0.717) is 34.8 Å². The van der Waals surface area contributed by atoms with Crippen molar-refractivity contribution in [2.75, 3.05) is 13.2 Å². The lowest BCUT2D eigenvalue weighted by Crippen LogP contribution is -2.20. The van der Waals surface area contributed by atoms with Crippen LogP contribution in [0.15, 0.2) is 66.7 Å². The maximum atomic E-state index is 14.2. The number of hydrogen-bond acceptors (Lipinski definition) is 6. The molecule has 0 saturated carbocycles. The molecule has 7 heteroatoms. The molecule has 2 heterocycles. The molecule has 34 heavy (non-hydrogen) atoms. The van der Waals surface area contributed by atoms with Crippen LogP contribution in [0.1, 0.15) is 46.2 Å². The van der Waals surface area contributed by atoms with Crippen molar-refractivity contribution in [1.82, 2.24) is 0 Å². The van der Waals surface area contributed by atoms with E-state index in [0.717, 1.165) is 25.0 Å². The lowest BCUT2D eigenvalue weighted by Gasteiger charge is -2.28. The molecule has 3 aromatic rings. The van der Waals surface area contributed by atoms with Gasteiger partial charge in [-0.25, -0.2) is 9.18 Å². The topological polar surface area (TPSA) is 63.2 Å². The van der Waals surface area contributed by atoms with E-state index in [1.54, 1.807) is 24.3 Å². The van der Waals surface area contributed by atoms with E-state index in [1.807, 2.05) is 30.3 Å². The summed E-state index contributed by atoms with van der Waals surface area (Å²) in [5.74, 6) is 0.178. The van der Waals surface area contributed by atoms with E-state index >= 15 is 0 Å². The zero-order valence-electron chi connectivity index (χ0n) is 18.6. The standard InChI is InChI=1S/C27H25FO6/c28-22-13-20(25-21(14-22)16-33-27(34-25)19-5-2-1-3-6-19)15-32-26(29)18-8-10-23(11-9-18)31-17-24-7-4-12-30-24/h1-3,5-6,8-11,13-14,24,27H,4,7,12,15-17H2. The number of halogens is 1. The van der Waals surface area contributed by atoms with Crippen LogP contribution in [-0.4, -0.2) is 25.3 Å². The Morgan fingerprint density at radius 2 is 1.85 bits per heavy atom. The highest BCUT2D eigenvalue weighted by Crippen LogP contribution is 2.37. The largest absolute Gasteiger partial charge is 0.491 e. The van der Waals surface area contributed by atoms with Gasteiger partial charge in [0.2, 0.25) is 6.29 Å². The third kappa shape index (κ3) is 5.21. The molecule has 5 rings (SSSR count). The SMILES string of the molecule is O=C(OCc1cc(F)cc2c1OC(c1ccccc1)OC2)c1ccc(OCC2CCCO2)cc1. The lowest BCUT2D eigenvalue weighted by atomic mass is 10.1. The summed E-state index contributed by atoms with van der Waals surface area (Å²) in [6, 6.07) is 18.9. The number of carbonyl (C=O) groups is 1. The van der Waals surface area contributed by atoms with E-state index in [2.05, 4.69) is 0 Å². The first-order chi connectivity index (χ1) is 16.7. The molecule has 0 aromatic heterocycles. The van der Waals surface area contributed by atoms with Gasteiger partial charge in [0.15, 0.2) is 0 Å². The van der Waals surface area contributed by atoms with Crippen molar-refractivity contribution >= 4 is 5.97 Å². The first kappa shape index (κ1) is 22.4. The fourth-order valence-electron chi connectivity index (χ4n) is 4.04. The Kier molecular flexibility index (Phi) is 6.74. The van der Waals surface area contributed by atoms with Gasteiger partial charge in [0.25, 0.3) is 0 Å². The molecule has 2 aliphatic rings. The summed E-state index contributed by atoms with van der Waals surface area (Å²) in [6.45, 7) is 1.33. The van der Waals surface area contributed by atoms with Gasteiger partial charge in [0.05, 0.1) is 18.3 Å². The molecule has 0 N–H and O–H groups in total. The second-order valence-electron chi connectivity index (χ2n) is 8.27. The highest BCUT2D eigenvalue weighted by atomic mass is 19.1. The molecular formula is C27H25FO6. The third-order valence-corrected chi connectivity index (χ3v) is 5.80. The second kappa shape index (κ2) is 10.2. The van der Waals surface area contributed by atoms with Gasteiger partial charge >= 0.3 is 5.97 Å². The summed E-state index contributed by atoms with van der Waals surface area (Å²) in [7, 11) is 0. The van der Waals surface area contributed by atoms with Gasteiger partial charge in [-0.15, -0.1) is 0 Å². The molecule has 176 valence electrons. The van der Waals surface area contributed by atoms with Crippen LogP contribution in [0.3, 0.4) is 0 Å². The number of rotatable bonds is 7. The predicted molar refractivity (Wildman–Crippen MR) is 121 cm³/mol. The summed E-state index contributed by atoms with van der Waals surface area (Å²) in [5, 5.41) is 0. The smallest absolute Gasteiger partial charge is 0.338 e. The third-order valence-electron chi connectivity index (χ3n) is 5.80. The van der Waals surface area contributed by atoms with Gasteiger partial charge in [-0.3, -0.25) is 0 Å². The number of ether oxygens (including phenoxy) is 5. The Morgan fingerprint density at radius 3 is 2.62 bits per heavy atom. The van der Waals surface area contributed by atoms with E-state index in [9.17, 15) is 9.18 Å². The second-order valence-corrected chi connectivity index (χ2v) is 8.27. The van der Waals surface area contributed by atoms with Crippen LogP contribution in [0.25, 0.3) is 0 Å². The number of carbonyl (C=O) groups excluding carboxylic acids is 1. The molecule has 0 spiro atoms. The van der Waals surface area contributed by atoms with Crippen LogP contribution < -0.4 is 9.47 Å². The lowest BCUT2D eigenvalue weighted by molar-refractivity contribution is -0.112. The van der Waals surface area contributed by atoms with Gasteiger partial charge in [-0.05, 0) is 49.2 Å². The van der Waals surface area contributed by atoms with Crippen LogP contribution >= 0.6 is 0 Å². The zero-order valence-corrected chi connectivity index (χ0v) is 18.6. The van der Waals surface area contributed by atoms with Crippen molar-refractivity contribution in [3.05, 3.63) is 94.8 Å². The summed E-state index contributed by atoms with van der Waals surface area (Å²) >= 11 is 0. The number of esters is 1. The molecule has 3 aromatic carbocycles. The minimum Gasteiger partial charge on any atom is -0.491 e. The molecule has 0 bridgehead atoms. The Balaban J connectivity index is 1.22. The average molecular weight is 464 g/mol. The van der Waals surface area contributed by atoms with Gasteiger partial charge in [0, 0.05) is 23.3 Å². The number of benzene rings is 3. The van der Waals surface area contributed by atoms with Crippen LogP contribution in [0.2, 0.25) is 0 Å². The highest BCUT2D eigenvalue weighted by molar-refractivity contribution is 5.89. The zero-order chi connectivity index (χ0) is 23.3. The van der Waals surface area contributed by atoms with Crippen LogP contribution in [0, 0.1) is 5.82 Å². The fourth-order valence-corrected chi connectivity index (χ4v) is 4.04. The predicted octanol–water partition coefficient (Wildman–Crippen LogP) is 5.35. The first-order valence-corrected chi connectivity index (χ1v) is 11.3. The van der Waals surface area contributed by atoms with E-state index < -0.39 is 18.1 Å². The minimum absolute atomic E-state index is 0.121. The minimum atomic E-state index is -0.615. The molecule has 0 aliphatic carbocycles. The summed E-state index contributed by atoms with van der Waals surface area (Å²) < 4.78 is 42.7. The van der Waals surface area contributed by atoms with Crippen molar-refractivity contribution in [3.8, 4) is 11.5 Å². The van der Waals surface area contributed by atoms with Crippen molar-refractivity contribution in [1.29, 1.82) is 0 Å². The van der Waals surface area contributed by atoms with Crippen molar-refractivity contribution in [3.63, 3.8) is 0 Å². The fraction of sp³-hybridized carbons (Fsp3) is 0.296. The van der Waals surface area contributed by atoms with Crippen LogP contribution in [0.4, 0.5) is 4.39 Å². The van der Waals surface area contributed by atoms with Gasteiger partial charge in [-0.1, -0.05) is 30.3 Å². The van der Waals surface area contributed by atoms with Crippen molar-refractivity contribution in [2.45, 2.75) is 38.4 Å².